The fraction of sp³-hybridized carbons (Fsp3) is 0.714. The zero-order valence-electron chi connectivity index (χ0n) is 35.3. The van der Waals surface area contributed by atoms with Crippen molar-refractivity contribution in [1.82, 2.24) is 24.3 Å². The van der Waals surface area contributed by atoms with E-state index in [2.05, 4.69) is 16.5 Å². The number of hydrogen-bond acceptors (Lipinski definition) is 13. The number of cyclic esters (lactones) is 1. The van der Waals surface area contributed by atoms with Gasteiger partial charge in [-0.3, -0.25) is 19.3 Å². The van der Waals surface area contributed by atoms with Gasteiger partial charge in [0.25, 0.3) is 0 Å². The first-order valence-electron chi connectivity index (χ1n) is 20.3. The molecule has 1 amide bonds. The van der Waals surface area contributed by atoms with Crippen LogP contribution in [-0.4, -0.2) is 135 Å². The van der Waals surface area contributed by atoms with Gasteiger partial charge in [0, 0.05) is 50.2 Å². The molecule has 57 heavy (non-hydrogen) atoms. The Kier molecular flexibility index (Phi) is 14.0. The number of likely N-dealkylation sites (N-methyl/N-ethyl adjacent to an activating group) is 1. The number of amides is 1. The first-order valence-corrected chi connectivity index (χ1v) is 20.3. The number of pyridine rings is 1. The van der Waals surface area contributed by atoms with E-state index < -0.39 is 83.4 Å². The molecule has 316 valence electrons. The van der Waals surface area contributed by atoms with Gasteiger partial charge in [-0.15, -0.1) is 0 Å². The molecule has 15 heteroatoms. The van der Waals surface area contributed by atoms with E-state index >= 15 is 0 Å². The van der Waals surface area contributed by atoms with E-state index in [0.717, 1.165) is 11.2 Å². The molecule has 0 radical (unpaired) electrons. The van der Waals surface area contributed by atoms with E-state index in [1.165, 1.54) is 20.1 Å². The number of nitrogens with zero attached hydrogens (tertiary/aromatic N) is 5. The SMILES string of the molecule is C=C[C@]12OC(=O)N(CCCCn3cnc4cccnc43)[C@@H]1[C@@H](C)C(=O)[C@H](C)C[C@@](C)(OC)[C@H](O[C@@H]1O[C@H](C)C[C@H](N(C)C)[C@H]1O)[C@@H](C)C(=O)[C@@H](C)C(=O)O[C@@H]2CC. The summed E-state index contributed by atoms with van der Waals surface area (Å²) in [4.78, 5) is 69.4. The maximum absolute atomic E-state index is 14.8. The Morgan fingerprint density at radius 2 is 1.75 bits per heavy atom. The highest BCUT2D eigenvalue weighted by Gasteiger charge is 2.61. The summed E-state index contributed by atoms with van der Waals surface area (Å²) in [6.07, 6.45) is 1.82. The number of carbonyl (C=O) groups is 4. The number of fused-ring (bicyclic) bond motifs is 2. The van der Waals surface area contributed by atoms with Crippen LogP contribution in [0.2, 0.25) is 0 Å². The first kappa shape index (κ1) is 44.3. The van der Waals surface area contributed by atoms with Crippen LogP contribution in [0.4, 0.5) is 4.79 Å². The van der Waals surface area contributed by atoms with E-state index in [1.807, 2.05) is 42.6 Å². The lowest BCUT2D eigenvalue weighted by molar-refractivity contribution is -0.295. The molecule has 1 N–H and O–H groups in total. The predicted molar refractivity (Wildman–Crippen MR) is 211 cm³/mol. The molecule has 0 bridgehead atoms. The molecule has 0 unspecified atom stereocenters. The number of imidazole rings is 1. The third kappa shape index (κ3) is 8.68. The van der Waals surface area contributed by atoms with Crippen molar-refractivity contribution >= 4 is 34.8 Å². The number of aliphatic hydroxyl groups excluding tert-OH is 1. The number of aliphatic hydroxyl groups is 1. The quantitative estimate of drug-likeness (QED) is 0.145. The molecule has 0 aliphatic carbocycles. The highest BCUT2D eigenvalue weighted by molar-refractivity contribution is 6.00. The molecule has 5 rings (SSSR count). The lowest BCUT2D eigenvalue weighted by Gasteiger charge is -2.47. The highest BCUT2D eigenvalue weighted by atomic mass is 16.7. The Morgan fingerprint density at radius 1 is 1.05 bits per heavy atom. The van der Waals surface area contributed by atoms with Crippen molar-refractivity contribution in [2.75, 3.05) is 27.7 Å². The lowest BCUT2D eigenvalue weighted by atomic mass is 9.72. The number of rotatable bonds is 11. The molecular formula is C42H63N5O10. The van der Waals surface area contributed by atoms with Crippen molar-refractivity contribution in [2.45, 2.75) is 141 Å². The zero-order valence-corrected chi connectivity index (χ0v) is 35.3. The number of ether oxygens (including phenoxy) is 5. The zero-order chi connectivity index (χ0) is 42.0. The molecule has 0 aromatic carbocycles. The summed E-state index contributed by atoms with van der Waals surface area (Å²) in [5.41, 5.74) is -1.32. The van der Waals surface area contributed by atoms with E-state index in [1.54, 1.807) is 52.0 Å². The van der Waals surface area contributed by atoms with Crippen molar-refractivity contribution in [1.29, 1.82) is 0 Å². The van der Waals surface area contributed by atoms with E-state index in [4.69, 9.17) is 23.7 Å². The van der Waals surface area contributed by atoms with Crippen molar-refractivity contribution in [2.24, 2.45) is 23.7 Å². The van der Waals surface area contributed by atoms with Gasteiger partial charge in [0.15, 0.2) is 23.3 Å². The van der Waals surface area contributed by atoms with E-state index in [9.17, 15) is 24.3 Å². The molecule has 3 saturated heterocycles. The second-order valence-electron chi connectivity index (χ2n) is 16.7. The molecule has 2 aromatic heterocycles. The second-order valence-corrected chi connectivity index (χ2v) is 16.7. The maximum atomic E-state index is 14.8. The number of Topliss-reactive ketones (excluding diaryl/α,β-unsaturated/α-hetero) is 2. The Balaban J connectivity index is 1.49. The van der Waals surface area contributed by atoms with Gasteiger partial charge in [-0.05, 0) is 85.2 Å². The molecule has 5 heterocycles. The number of ketones is 2. The van der Waals surface area contributed by atoms with Gasteiger partial charge in [0.05, 0.1) is 30.2 Å². The van der Waals surface area contributed by atoms with Gasteiger partial charge in [-0.1, -0.05) is 34.3 Å². The fourth-order valence-electron chi connectivity index (χ4n) is 9.31. The van der Waals surface area contributed by atoms with Gasteiger partial charge < -0.3 is 38.3 Å². The minimum atomic E-state index is -1.59. The smallest absolute Gasteiger partial charge is 0.411 e. The average Bonchev–Trinajstić information content (AvgIpc) is 3.74. The van der Waals surface area contributed by atoms with Crippen LogP contribution < -0.4 is 0 Å². The molecule has 2 aromatic rings. The van der Waals surface area contributed by atoms with Crippen LogP contribution >= 0.6 is 0 Å². The van der Waals surface area contributed by atoms with Gasteiger partial charge in [-0.25, -0.2) is 14.8 Å². The number of methoxy groups -OCH3 is 1. The number of aromatic nitrogens is 3. The third-order valence-electron chi connectivity index (χ3n) is 12.6. The van der Waals surface area contributed by atoms with Crippen LogP contribution in [0.15, 0.2) is 37.3 Å². The minimum Gasteiger partial charge on any atom is -0.457 e. The summed E-state index contributed by atoms with van der Waals surface area (Å²) < 4.78 is 33.2. The highest BCUT2D eigenvalue weighted by Crippen LogP contribution is 2.44. The second kappa shape index (κ2) is 18.0. The van der Waals surface area contributed by atoms with Crippen LogP contribution in [-0.2, 0) is 44.6 Å². The van der Waals surface area contributed by atoms with E-state index in [0.29, 0.717) is 25.8 Å². The Labute approximate surface area is 336 Å². The standard InChI is InChI=1S/C42H63N5O10/c1-12-31-42(13-2)35(47(40(52)57-42)20-15-14-19-46-23-44-29-17-16-18-43-37(29)46)26(5)32(48)24(3)22-41(8,53-11)36(27(6)33(49)28(7)38(51)55-31)56-39-34(50)30(45(9)10)21-25(4)54-39/h13,16-18,23-28,30-31,34-36,39,50H,2,12,14-15,19-22H2,1,3-11H3/t24-,25-,26+,27+,28-,30+,31-,34-,35-,36-,39+,41-,42-/m1/s1. The number of aryl methyl sites for hydroxylation is 1. The van der Waals surface area contributed by atoms with Crippen LogP contribution in [0, 0.1) is 23.7 Å². The van der Waals surface area contributed by atoms with E-state index in [-0.39, 0.29) is 37.3 Å². The van der Waals surface area contributed by atoms with Crippen LogP contribution in [0.1, 0.15) is 80.6 Å². The number of esters is 1. The number of carbonyl (C=O) groups excluding carboxylic acids is 4. The fourth-order valence-corrected chi connectivity index (χ4v) is 9.31. The predicted octanol–water partition coefficient (Wildman–Crippen LogP) is 4.58. The molecule has 3 aliphatic heterocycles. The molecule has 13 atom stereocenters. The molecular weight excluding hydrogens is 734 g/mol. The minimum absolute atomic E-state index is 0.107. The molecule has 0 saturated carbocycles. The molecule has 3 fully saturated rings. The van der Waals surface area contributed by atoms with Gasteiger partial charge in [0.2, 0.25) is 0 Å². The van der Waals surface area contributed by atoms with Crippen molar-refractivity contribution in [3.63, 3.8) is 0 Å². The molecule has 15 nitrogen and oxygen atoms in total. The van der Waals surface area contributed by atoms with Crippen LogP contribution in [0.5, 0.6) is 0 Å². The summed E-state index contributed by atoms with van der Waals surface area (Å²) in [6, 6.07) is 2.55. The summed E-state index contributed by atoms with van der Waals surface area (Å²) in [5.74, 6) is -5.19. The summed E-state index contributed by atoms with van der Waals surface area (Å²) >= 11 is 0. The molecule has 3 aliphatic rings. The molecule has 0 spiro atoms. The van der Waals surface area contributed by atoms with Crippen molar-refractivity contribution in [3.05, 3.63) is 37.3 Å². The average molecular weight is 798 g/mol. The Bertz CT molecular complexity index is 1770. The Hall–Kier alpha value is -3.76. The van der Waals surface area contributed by atoms with Gasteiger partial charge >= 0.3 is 12.1 Å². The van der Waals surface area contributed by atoms with Gasteiger partial charge in [-0.2, -0.15) is 0 Å². The van der Waals surface area contributed by atoms with Crippen LogP contribution in [0.25, 0.3) is 11.2 Å². The Morgan fingerprint density at radius 3 is 2.40 bits per heavy atom. The maximum Gasteiger partial charge on any atom is 0.411 e. The van der Waals surface area contributed by atoms with Crippen molar-refractivity contribution in [3.8, 4) is 0 Å². The van der Waals surface area contributed by atoms with Crippen LogP contribution in [0.3, 0.4) is 0 Å². The number of hydrogen-bond donors (Lipinski definition) is 1. The normalized spacial score (nSPS) is 37.2. The summed E-state index contributed by atoms with van der Waals surface area (Å²) in [5, 5.41) is 11.4. The summed E-state index contributed by atoms with van der Waals surface area (Å²) in [7, 11) is 5.22. The first-order chi connectivity index (χ1) is 26.9. The largest absolute Gasteiger partial charge is 0.457 e. The number of unbranched alkanes of at least 4 members (excludes halogenated alkanes) is 1. The van der Waals surface area contributed by atoms with Crippen molar-refractivity contribution < 1.29 is 48.0 Å². The lowest BCUT2D eigenvalue weighted by Crippen LogP contribution is -2.60. The third-order valence-corrected chi connectivity index (χ3v) is 12.6. The topological polar surface area (TPSA) is 172 Å². The monoisotopic (exact) mass is 797 g/mol. The summed E-state index contributed by atoms with van der Waals surface area (Å²) in [6.45, 7) is 17.1. The van der Waals surface area contributed by atoms with Gasteiger partial charge in [0.1, 0.15) is 29.4 Å².